The maximum Gasteiger partial charge on any atom is 0.251 e. The fourth-order valence-corrected chi connectivity index (χ4v) is 1.12. The first kappa shape index (κ1) is 8.77. The van der Waals surface area contributed by atoms with E-state index in [4.69, 9.17) is 0 Å². The lowest BCUT2D eigenvalue weighted by molar-refractivity contribution is -0.142. The molecule has 0 aromatic heterocycles. The van der Waals surface area contributed by atoms with E-state index >= 15 is 0 Å². The molecule has 1 saturated heterocycles. The van der Waals surface area contributed by atoms with Gasteiger partial charge >= 0.3 is 0 Å². The standard InChI is InChI=1S/C8H12N2O2/c1-3-4-10-5-7(8(10)12)9-6(2)11/h3-4,7H,5H2,1-2H3,(H,9,11). The molecule has 1 atom stereocenters. The van der Waals surface area contributed by atoms with Crippen LogP contribution in [0, 0.1) is 0 Å². The Morgan fingerprint density at radius 3 is 2.83 bits per heavy atom. The zero-order valence-corrected chi connectivity index (χ0v) is 7.20. The number of hydrogen-bond donors (Lipinski definition) is 1. The molecule has 1 aliphatic heterocycles. The van der Waals surface area contributed by atoms with Crippen molar-refractivity contribution >= 4 is 11.8 Å². The summed E-state index contributed by atoms with van der Waals surface area (Å²) in [5.74, 6) is -0.197. The van der Waals surface area contributed by atoms with Gasteiger partial charge in [-0.2, -0.15) is 0 Å². The average Bonchev–Trinajstić information content (AvgIpc) is 2.02. The number of likely N-dealkylation sites (tertiary alicyclic amines) is 1. The minimum Gasteiger partial charge on any atom is -0.343 e. The molecule has 2 amide bonds. The molecule has 1 N–H and O–H groups in total. The molecule has 12 heavy (non-hydrogen) atoms. The fraction of sp³-hybridized carbons (Fsp3) is 0.500. The summed E-state index contributed by atoms with van der Waals surface area (Å²) in [6.45, 7) is 3.84. The van der Waals surface area contributed by atoms with E-state index < -0.39 is 0 Å². The third-order valence-corrected chi connectivity index (χ3v) is 1.67. The van der Waals surface area contributed by atoms with E-state index in [0.29, 0.717) is 6.54 Å². The molecule has 0 spiro atoms. The van der Waals surface area contributed by atoms with E-state index in [0.717, 1.165) is 0 Å². The fourth-order valence-electron chi connectivity index (χ4n) is 1.12. The summed E-state index contributed by atoms with van der Waals surface area (Å²) in [7, 11) is 0. The molecule has 0 aromatic rings. The number of β-lactam (4-membered cyclic amide) rings is 1. The Morgan fingerprint density at radius 2 is 2.42 bits per heavy atom. The molecule has 1 fully saturated rings. The molecule has 0 bridgehead atoms. The number of rotatable bonds is 2. The Bertz CT molecular complexity index is 235. The number of amides is 2. The highest BCUT2D eigenvalue weighted by Gasteiger charge is 2.35. The lowest BCUT2D eigenvalue weighted by Crippen LogP contribution is -2.61. The van der Waals surface area contributed by atoms with Crippen LogP contribution >= 0.6 is 0 Å². The predicted molar refractivity (Wildman–Crippen MR) is 44.1 cm³/mol. The number of nitrogens with one attached hydrogen (secondary N) is 1. The number of carbonyl (C=O) groups excluding carboxylic acids is 2. The zero-order valence-electron chi connectivity index (χ0n) is 7.20. The molecule has 0 saturated carbocycles. The zero-order chi connectivity index (χ0) is 9.14. The van der Waals surface area contributed by atoms with Gasteiger partial charge < -0.3 is 10.2 Å². The van der Waals surface area contributed by atoms with Crippen LogP contribution in [0.5, 0.6) is 0 Å². The van der Waals surface area contributed by atoms with Crippen LogP contribution in [0.1, 0.15) is 13.8 Å². The molecule has 1 unspecified atom stereocenters. The molecular formula is C8H12N2O2. The topological polar surface area (TPSA) is 49.4 Å². The largest absolute Gasteiger partial charge is 0.343 e. The lowest BCUT2D eigenvalue weighted by Gasteiger charge is -2.35. The van der Waals surface area contributed by atoms with Crippen LogP contribution in [0.25, 0.3) is 0 Å². The molecule has 1 heterocycles. The summed E-state index contributed by atoms with van der Waals surface area (Å²) in [5, 5.41) is 2.55. The minimum atomic E-state index is -0.307. The van der Waals surface area contributed by atoms with Crippen LogP contribution in [-0.2, 0) is 9.59 Å². The first-order valence-electron chi connectivity index (χ1n) is 3.85. The highest BCUT2D eigenvalue weighted by molar-refractivity contribution is 5.92. The summed E-state index contributed by atoms with van der Waals surface area (Å²) < 4.78 is 0. The van der Waals surface area contributed by atoms with Gasteiger partial charge in [-0.05, 0) is 6.92 Å². The van der Waals surface area contributed by atoms with Crippen molar-refractivity contribution in [2.24, 2.45) is 0 Å². The van der Waals surface area contributed by atoms with Gasteiger partial charge in [0, 0.05) is 13.1 Å². The first-order valence-corrected chi connectivity index (χ1v) is 3.85. The monoisotopic (exact) mass is 168 g/mol. The Kier molecular flexibility index (Phi) is 2.47. The highest BCUT2D eigenvalue weighted by atomic mass is 16.2. The van der Waals surface area contributed by atoms with Crippen molar-refractivity contribution in [2.75, 3.05) is 6.54 Å². The van der Waals surface area contributed by atoms with Crippen molar-refractivity contribution in [3.8, 4) is 0 Å². The number of nitrogens with zero attached hydrogens (tertiary/aromatic N) is 1. The maximum absolute atomic E-state index is 11.1. The third kappa shape index (κ3) is 1.64. The van der Waals surface area contributed by atoms with Crippen LogP contribution in [0.15, 0.2) is 12.3 Å². The number of carbonyl (C=O) groups is 2. The second-order valence-corrected chi connectivity index (χ2v) is 2.73. The molecule has 1 rings (SSSR count). The van der Waals surface area contributed by atoms with Crippen LogP contribution in [0.4, 0.5) is 0 Å². The highest BCUT2D eigenvalue weighted by Crippen LogP contribution is 2.09. The summed E-state index contributed by atoms with van der Waals surface area (Å²) in [5.41, 5.74) is 0. The molecular weight excluding hydrogens is 156 g/mol. The molecule has 1 aliphatic rings. The molecule has 4 nitrogen and oxygen atoms in total. The van der Waals surface area contributed by atoms with E-state index in [2.05, 4.69) is 5.32 Å². The number of hydrogen-bond acceptors (Lipinski definition) is 2. The second kappa shape index (κ2) is 3.38. The Morgan fingerprint density at radius 1 is 1.75 bits per heavy atom. The van der Waals surface area contributed by atoms with Gasteiger partial charge in [-0.15, -0.1) is 0 Å². The summed E-state index contributed by atoms with van der Waals surface area (Å²) in [6.07, 6.45) is 3.50. The normalized spacial score (nSPS) is 22.7. The lowest BCUT2D eigenvalue weighted by atomic mass is 10.1. The van der Waals surface area contributed by atoms with Gasteiger partial charge in [0.05, 0.1) is 6.54 Å². The van der Waals surface area contributed by atoms with E-state index in [-0.39, 0.29) is 17.9 Å². The van der Waals surface area contributed by atoms with Gasteiger partial charge in [-0.25, -0.2) is 0 Å². The smallest absolute Gasteiger partial charge is 0.251 e. The van der Waals surface area contributed by atoms with Gasteiger partial charge in [0.25, 0.3) is 5.91 Å². The summed E-state index contributed by atoms with van der Waals surface area (Å²) >= 11 is 0. The van der Waals surface area contributed by atoms with Crippen molar-refractivity contribution in [3.05, 3.63) is 12.3 Å². The van der Waals surface area contributed by atoms with Crippen LogP contribution in [0.3, 0.4) is 0 Å². The molecule has 66 valence electrons. The van der Waals surface area contributed by atoms with Crippen LogP contribution < -0.4 is 5.32 Å². The first-order chi connectivity index (χ1) is 5.65. The molecule has 0 aliphatic carbocycles. The van der Waals surface area contributed by atoms with Crippen LogP contribution in [0.2, 0.25) is 0 Å². The maximum atomic E-state index is 11.1. The minimum absolute atomic E-state index is 0.0386. The second-order valence-electron chi connectivity index (χ2n) is 2.73. The third-order valence-electron chi connectivity index (χ3n) is 1.67. The van der Waals surface area contributed by atoms with Crippen molar-refractivity contribution in [1.82, 2.24) is 10.2 Å². The van der Waals surface area contributed by atoms with Gasteiger partial charge in [-0.1, -0.05) is 6.08 Å². The molecule has 0 aromatic carbocycles. The average molecular weight is 168 g/mol. The van der Waals surface area contributed by atoms with Crippen molar-refractivity contribution in [1.29, 1.82) is 0 Å². The Hall–Kier alpha value is -1.32. The van der Waals surface area contributed by atoms with E-state index in [1.807, 2.05) is 6.92 Å². The van der Waals surface area contributed by atoms with Gasteiger partial charge in [0.2, 0.25) is 5.91 Å². The van der Waals surface area contributed by atoms with Crippen LogP contribution in [-0.4, -0.2) is 29.3 Å². The summed E-state index contributed by atoms with van der Waals surface area (Å²) in [6, 6.07) is -0.307. The molecule has 4 heteroatoms. The number of allylic oxidation sites excluding steroid dienone is 1. The van der Waals surface area contributed by atoms with Gasteiger partial charge in [-0.3, -0.25) is 9.59 Å². The van der Waals surface area contributed by atoms with Crippen molar-refractivity contribution < 1.29 is 9.59 Å². The van der Waals surface area contributed by atoms with Gasteiger partial charge in [0.15, 0.2) is 0 Å². The van der Waals surface area contributed by atoms with Gasteiger partial charge in [0.1, 0.15) is 6.04 Å². The SMILES string of the molecule is CC=CN1CC(NC(C)=O)C1=O. The Labute approximate surface area is 71.2 Å². The Balaban J connectivity index is 2.38. The van der Waals surface area contributed by atoms with Crippen molar-refractivity contribution in [3.63, 3.8) is 0 Å². The van der Waals surface area contributed by atoms with Crippen molar-refractivity contribution in [2.45, 2.75) is 19.9 Å². The predicted octanol–water partition coefficient (Wildman–Crippen LogP) is -0.133. The summed E-state index contributed by atoms with van der Waals surface area (Å²) in [4.78, 5) is 23.3. The van der Waals surface area contributed by atoms with E-state index in [9.17, 15) is 9.59 Å². The van der Waals surface area contributed by atoms with E-state index in [1.165, 1.54) is 6.92 Å². The quantitative estimate of drug-likeness (QED) is 0.584. The molecule has 0 radical (unpaired) electrons. The van der Waals surface area contributed by atoms with E-state index in [1.54, 1.807) is 17.2 Å².